The van der Waals surface area contributed by atoms with Gasteiger partial charge in [-0.25, -0.2) is 18.7 Å². The first kappa shape index (κ1) is 28.5. The van der Waals surface area contributed by atoms with Crippen LogP contribution in [0.15, 0.2) is 77.0 Å². The summed E-state index contributed by atoms with van der Waals surface area (Å²) in [6.45, 7) is 3.22. The van der Waals surface area contributed by atoms with Gasteiger partial charge in [-0.15, -0.1) is 11.8 Å². The molecule has 2 aliphatic rings. The normalized spacial score (nSPS) is 15.1. The average molecular weight is 626 g/mol. The van der Waals surface area contributed by atoms with Crippen LogP contribution in [0, 0.1) is 11.6 Å². The van der Waals surface area contributed by atoms with Crippen LogP contribution in [0.1, 0.15) is 0 Å². The lowest BCUT2D eigenvalue weighted by Crippen LogP contribution is -2.44. The summed E-state index contributed by atoms with van der Waals surface area (Å²) in [5.74, 6) is 1.89. The van der Waals surface area contributed by atoms with Crippen LogP contribution in [0.3, 0.4) is 0 Å². The Bertz CT molecular complexity index is 1640. The quantitative estimate of drug-likeness (QED) is 0.216. The van der Waals surface area contributed by atoms with Gasteiger partial charge >= 0.3 is 0 Å². The standard InChI is InChI=1S/C29H26ClF2N7OS2/c1-38-17-41-16-28(38)37-42-27-13-21(30)25(14-22(27)32)40-26-15-35-24(18-3-2-4-19(31)11-18)12-20(26)23-5-6-34-29(36-23)39-9-7-33-8-10-39/h2-6,11-16,33,37H,7-10,17H2,1H3. The lowest BCUT2D eigenvalue weighted by molar-refractivity contribution is 0.473. The van der Waals surface area contributed by atoms with E-state index in [-0.39, 0.29) is 16.6 Å². The predicted octanol–water partition coefficient (Wildman–Crippen LogP) is 6.37. The van der Waals surface area contributed by atoms with Crippen molar-refractivity contribution in [2.75, 3.05) is 44.0 Å². The molecule has 216 valence electrons. The molecule has 2 aromatic carbocycles. The lowest BCUT2D eigenvalue weighted by Gasteiger charge is -2.27. The highest BCUT2D eigenvalue weighted by Gasteiger charge is 2.20. The molecule has 0 spiro atoms. The maximum absolute atomic E-state index is 15.2. The highest BCUT2D eigenvalue weighted by atomic mass is 35.5. The molecule has 1 fully saturated rings. The second-order valence-corrected chi connectivity index (χ2v) is 11.7. The summed E-state index contributed by atoms with van der Waals surface area (Å²) in [6.07, 6.45) is 3.20. The van der Waals surface area contributed by atoms with Crippen molar-refractivity contribution >= 4 is 41.3 Å². The molecule has 0 aliphatic carbocycles. The first-order chi connectivity index (χ1) is 20.4. The number of piperazine rings is 1. The number of ether oxygens (including phenoxy) is 1. The molecule has 0 bridgehead atoms. The Morgan fingerprint density at radius 1 is 1.05 bits per heavy atom. The Morgan fingerprint density at radius 3 is 2.69 bits per heavy atom. The molecule has 0 amide bonds. The molecular formula is C29H26ClF2N7OS2. The molecule has 4 heterocycles. The van der Waals surface area contributed by atoms with E-state index in [1.807, 2.05) is 17.4 Å². The topological polar surface area (TPSA) is 78.4 Å². The largest absolute Gasteiger partial charge is 0.453 e. The fraction of sp³-hybridized carbons (Fsp3) is 0.207. The van der Waals surface area contributed by atoms with E-state index in [0.29, 0.717) is 39.1 Å². The maximum atomic E-state index is 15.2. The first-order valence-corrected chi connectivity index (χ1v) is 15.4. The number of thioether (sulfide) groups is 1. The van der Waals surface area contributed by atoms with E-state index in [2.05, 4.69) is 24.9 Å². The second kappa shape index (κ2) is 12.7. The minimum Gasteiger partial charge on any atom is -0.453 e. The molecule has 42 heavy (non-hydrogen) atoms. The fourth-order valence-corrected chi connectivity index (χ4v) is 6.37. The molecule has 13 heteroatoms. The average Bonchev–Trinajstić information content (AvgIpc) is 3.43. The van der Waals surface area contributed by atoms with Gasteiger partial charge in [0.15, 0.2) is 5.75 Å². The van der Waals surface area contributed by atoms with Crippen LogP contribution >= 0.6 is 35.3 Å². The van der Waals surface area contributed by atoms with Crippen LogP contribution in [-0.4, -0.2) is 59.0 Å². The third-order valence-corrected chi connectivity index (χ3v) is 8.72. The van der Waals surface area contributed by atoms with Gasteiger partial charge in [0.25, 0.3) is 0 Å². The van der Waals surface area contributed by atoms with Crippen molar-refractivity contribution in [1.29, 1.82) is 0 Å². The number of nitrogens with one attached hydrogen (secondary N) is 2. The fourth-order valence-electron chi connectivity index (χ4n) is 4.43. The number of halogens is 3. The number of aromatic nitrogens is 3. The van der Waals surface area contributed by atoms with E-state index >= 15 is 4.39 Å². The van der Waals surface area contributed by atoms with Gasteiger partial charge in [-0.3, -0.25) is 4.98 Å². The van der Waals surface area contributed by atoms with Gasteiger partial charge in [0.1, 0.15) is 23.2 Å². The highest BCUT2D eigenvalue weighted by Crippen LogP contribution is 2.39. The molecule has 0 atom stereocenters. The third kappa shape index (κ3) is 6.41. The molecule has 8 nitrogen and oxygen atoms in total. The monoisotopic (exact) mass is 625 g/mol. The van der Waals surface area contributed by atoms with Crippen molar-refractivity contribution in [2.24, 2.45) is 0 Å². The van der Waals surface area contributed by atoms with Crippen LogP contribution in [0.5, 0.6) is 11.5 Å². The van der Waals surface area contributed by atoms with Gasteiger partial charge in [-0.05, 0) is 42.3 Å². The van der Waals surface area contributed by atoms with E-state index in [4.69, 9.17) is 21.3 Å². The third-order valence-electron chi connectivity index (χ3n) is 6.65. The van der Waals surface area contributed by atoms with Crippen molar-refractivity contribution in [1.82, 2.24) is 29.9 Å². The Labute approximate surface area is 255 Å². The van der Waals surface area contributed by atoms with Crippen LogP contribution < -0.4 is 19.7 Å². The van der Waals surface area contributed by atoms with Gasteiger partial charge in [0.2, 0.25) is 5.95 Å². The van der Waals surface area contributed by atoms with Crippen molar-refractivity contribution in [3.05, 3.63) is 88.8 Å². The smallest absolute Gasteiger partial charge is 0.225 e. The summed E-state index contributed by atoms with van der Waals surface area (Å²) in [5, 5.41) is 5.53. The zero-order chi connectivity index (χ0) is 29.1. The zero-order valence-electron chi connectivity index (χ0n) is 22.5. The summed E-state index contributed by atoms with van der Waals surface area (Å²) in [7, 11) is 1.95. The summed E-state index contributed by atoms with van der Waals surface area (Å²) >= 11 is 9.37. The molecule has 0 radical (unpaired) electrons. The van der Waals surface area contributed by atoms with E-state index in [1.165, 1.54) is 30.5 Å². The summed E-state index contributed by atoms with van der Waals surface area (Å²) in [5.41, 5.74) is 2.28. The number of hydrogen-bond acceptors (Lipinski definition) is 10. The number of pyridine rings is 1. The molecule has 0 unspecified atom stereocenters. The molecular weight excluding hydrogens is 600 g/mol. The summed E-state index contributed by atoms with van der Waals surface area (Å²) < 4.78 is 38.6. The molecule has 2 N–H and O–H groups in total. The van der Waals surface area contributed by atoms with Crippen LogP contribution in [0.4, 0.5) is 14.7 Å². The second-order valence-electron chi connectivity index (χ2n) is 9.57. The lowest BCUT2D eigenvalue weighted by atomic mass is 10.1. The van der Waals surface area contributed by atoms with Crippen molar-refractivity contribution in [3.8, 4) is 34.0 Å². The minimum absolute atomic E-state index is 0.129. The van der Waals surface area contributed by atoms with E-state index in [1.54, 1.807) is 42.2 Å². The van der Waals surface area contributed by atoms with Gasteiger partial charge in [-0.2, -0.15) is 0 Å². The molecule has 4 aromatic rings. The van der Waals surface area contributed by atoms with Gasteiger partial charge in [0, 0.05) is 62.0 Å². The highest BCUT2D eigenvalue weighted by molar-refractivity contribution is 8.02. The Morgan fingerprint density at radius 2 is 1.90 bits per heavy atom. The molecule has 6 rings (SSSR count). The molecule has 2 aliphatic heterocycles. The Hall–Kier alpha value is -3.58. The van der Waals surface area contributed by atoms with Gasteiger partial charge in [0.05, 0.1) is 33.4 Å². The van der Waals surface area contributed by atoms with Crippen molar-refractivity contribution in [3.63, 3.8) is 0 Å². The Balaban J connectivity index is 1.34. The molecule has 0 saturated carbocycles. The van der Waals surface area contributed by atoms with Gasteiger partial charge < -0.3 is 24.6 Å². The molecule has 2 aromatic heterocycles. The first-order valence-electron chi connectivity index (χ1n) is 13.1. The summed E-state index contributed by atoms with van der Waals surface area (Å²) in [6, 6.07) is 12.5. The number of nitrogens with zero attached hydrogens (tertiary/aromatic N) is 5. The van der Waals surface area contributed by atoms with Crippen LogP contribution in [0.2, 0.25) is 5.02 Å². The van der Waals surface area contributed by atoms with Crippen LogP contribution in [0.25, 0.3) is 22.5 Å². The number of benzene rings is 2. The molecule has 1 saturated heterocycles. The maximum Gasteiger partial charge on any atom is 0.225 e. The SMILES string of the molecule is CN1CSC=C1NSc1cc(Cl)c(Oc2cnc(-c3cccc(F)c3)cc2-c2ccnc(N3CCNCC3)n2)cc1F. The van der Waals surface area contributed by atoms with E-state index < -0.39 is 5.82 Å². The predicted molar refractivity (Wildman–Crippen MR) is 165 cm³/mol. The summed E-state index contributed by atoms with van der Waals surface area (Å²) in [4.78, 5) is 18.3. The number of rotatable bonds is 8. The van der Waals surface area contributed by atoms with Crippen molar-refractivity contribution in [2.45, 2.75) is 4.90 Å². The van der Waals surface area contributed by atoms with Crippen molar-refractivity contribution < 1.29 is 13.5 Å². The van der Waals surface area contributed by atoms with Gasteiger partial charge in [-0.1, -0.05) is 23.7 Å². The Kier molecular flexibility index (Phi) is 8.66. The number of hydrogen-bond donors (Lipinski definition) is 2. The van der Waals surface area contributed by atoms with E-state index in [9.17, 15) is 4.39 Å². The van der Waals surface area contributed by atoms with Crippen LogP contribution in [-0.2, 0) is 0 Å². The van der Waals surface area contributed by atoms with E-state index in [0.717, 1.165) is 49.8 Å². The minimum atomic E-state index is -0.491. The number of anilines is 1. The zero-order valence-corrected chi connectivity index (χ0v) is 24.9.